The molecule has 0 saturated carbocycles. The van der Waals surface area contributed by atoms with Gasteiger partial charge in [-0.05, 0) is 30.7 Å². The first kappa shape index (κ1) is 18.7. The summed E-state index contributed by atoms with van der Waals surface area (Å²) in [5.74, 6) is -0.137. The normalized spacial score (nSPS) is 10.7. The summed E-state index contributed by atoms with van der Waals surface area (Å²) in [7, 11) is 0. The van der Waals surface area contributed by atoms with Gasteiger partial charge in [0.05, 0.1) is 12.8 Å². The lowest BCUT2D eigenvalue weighted by atomic mass is 10.2. The molecule has 2 rings (SSSR count). The molecule has 0 fully saturated rings. The molecule has 0 spiro atoms. The van der Waals surface area contributed by atoms with Gasteiger partial charge in [0.15, 0.2) is 11.5 Å². The Morgan fingerprint density at radius 1 is 1.42 bits per heavy atom. The number of hydrogen-bond donors (Lipinski definition) is 5. The Hall–Kier alpha value is -3.63. The van der Waals surface area contributed by atoms with E-state index in [9.17, 15) is 19.5 Å². The van der Waals surface area contributed by atoms with Gasteiger partial charge in [0.1, 0.15) is 0 Å². The largest absolute Gasteiger partial charge is 0.504 e. The maximum Gasteiger partial charge on any atom is 0.342 e. The van der Waals surface area contributed by atoms with Crippen LogP contribution in [0.1, 0.15) is 18.9 Å². The Labute approximate surface area is 147 Å². The Morgan fingerprint density at radius 2 is 2.23 bits per heavy atom. The average molecular weight is 362 g/mol. The summed E-state index contributed by atoms with van der Waals surface area (Å²) in [5, 5.41) is 21.6. The van der Waals surface area contributed by atoms with Crippen LogP contribution in [-0.2, 0) is 4.79 Å². The van der Waals surface area contributed by atoms with Gasteiger partial charge in [-0.2, -0.15) is 5.10 Å². The van der Waals surface area contributed by atoms with Crippen LogP contribution < -0.4 is 26.7 Å². The number of benzene rings is 1. The van der Waals surface area contributed by atoms with Crippen LogP contribution in [0.2, 0.25) is 0 Å². The standard InChI is InChI=1S/C15H18N6O5/c1-2-26-11-7-9(3-4-10(11)22)8-17-19-12(23)5-6-16-13-14(24)18-15(25)21-20-13/h3-4,7-8,22H,2,5-6H2,1H3,(H,16,20)(H,19,23)(H2,18,21,24,25)/b17-8+. The van der Waals surface area contributed by atoms with Gasteiger partial charge in [-0.15, -0.1) is 5.10 Å². The zero-order chi connectivity index (χ0) is 18.9. The van der Waals surface area contributed by atoms with E-state index in [0.717, 1.165) is 0 Å². The van der Waals surface area contributed by atoms with Gasteiger partial charge in [-0.25, -0.2) is 15.3 Å². The summed E-state index contributed by atoms with van der Waals surface area (Å²) >= 11 is 0. The lowest BCUT2D eigenvalue weighted by Gasteiger charge is -2.06. The quantitative estimate of drug-likeness (QED) is 0.313. The fourth-order valence-electron chi connectivity index (χ4n) is 1.88. The van der Waals surface area contributed by atoms with Gasteiger partial charge in [0, 0.05) is 13.0 Å². The molecule has 0 aliphatic heterocycles. The first-order valence-corrected chi connectivity index (χ1v) is 7.70. The second kappa shape index (κ2) is 9.01. The third-order valence-corrected chi connectivity index (χ3v) is 3.04. The van der Waals surface area contributed by atoms with Gasteiger partial charge in [-0.1, -0.05) is 0 Å². The number of aromatic hydroxyl groups is 1. The molecule has 0 unspecified atom stereocenters. The van der Waals surface area contributed by atoms with Crippen LogP contribution in [0.3, 0.4) is 0 Å². The van der Waals surface area contributed by atoms with Crippen molar-refractivity contribution in [3.8, 4) is 11.5 Å². The highest BCUT2D eigenvalue weighted by molar-refractivity contribution is 5.83. The molecule has 1 aromatic heterocycles. The lowest BCUT2D eigenvalue weighted by Crippen LogP contribution is -2.28. The van der Waals surface area contributed by atoms with E-state index in [2.05, 4.69) is 26.0 Å². The average Bonchev–Trinajstić information content (AvgIpc) is 2.60. The molecule has 1 heterocycles. The first-order valence-electron chi connectivity index (χ1n) is 7.70. The number of aromatic nitrogens is 3. The number of anilines is 1. The second-order valence-electron chi connectivity index (χ2n) is 4.99. The Balaban J connectivity index is 1.81. The van der Waals surface area contributed by atoms with E-state index in [1.807, 2.05) is 4.98 Å². The molecule has 0 aliphatic rings. The minimum atomic E-state index is -0.714. The number of hydrazone groups is 1. The van der Waals surface area contributed by atoms with E-state index in [-0.39, 0.29) is 24.5 Å². The molecule has 11 heteroatoms. The van der Waals surface area contributed by atoms with E-state index in [1.165, 1.54) is 12.3 Å². The van der Waals surface area contributed by atoms with Gasteiger partial charge in [0.2, 0.25) is 11.7 Å². The van der Waals surface area contributed by atoms with Crippen LogP contribution in [-0.4, -0.2) is 45.6 Å². The van der Waals surface area contributed by atoms with Gasteiger partial charge in [0.25, 0.3) is 5.56 Å². The molecule has 0 aliphatic carbocycles. The Kier molecular flexibility index (Phi) is 6.48. The first-order chi connectivity index (χ1) is 12.5. The summed E-state index contributed by atoms with van der Waals surface area (Å²) in [6.45, 7) is 2.33. The Bertz CT molecular complexity index is 904. The summed E-state index contributed by atoms with van der Waals surface area (Å²) in [5.41, 5.74) is 1.57. The van der Waals surface area contributed by atoms with Crippen molar-refractivity contribution in [2.75, 3.05) is 18.5 Å². The zero-order valence-electron chi connectivity index (χ0n) is 13.9. The third-order valence-electron chi connectivity index (χ3n) is 3.04. The van der Waals surface area contributed by atoms with Crippen molar-refractivity contribution in [1.82, 2.24) is 20.6 Å². The lowest BCUT2D eigenvalue weighted by molar-refractivity contribution is -0.120. The molecule has 0 atom stereocenters. The molecule has 1 aromatic carbocycles. The van der Waals surface area contributed by atoms with E-state index in [0.29, 0.717) is 17.9 Å². The minimum absolute atomic E-state index is 0.0185. The highest BCUT2D eigenvalue weighted by Gasteiger charge is 2.04. The molecular formula is C15H18N6O5. The van der Waals surface area contributed by atoms with Crippen molar-refractivity contribution in [2.24, 2.45) is 5.10 Å². The van der Waals surface area contributed by atoms with Crippen LogP contribution in [0.25, 0.3) is 0 Å². The highest BCUT2D eigenvalue weighted by Crippen LogP contribution is 2.26. The van der Waals surface area contributed by atoms with E-state index < -0.39 is 17.2 Å². The summed E-state index contributed by atoms with van der Waals surface area (Å²) in [6, 6.07) is 4.67. The molecular weight excluding hydrogens is 344 g/mol. The van der Waals surface area contributed by atoms with Crippen molar-refractivity contribution < 1.29 is 14.6 Å². The topological polar surface area (TPSA) is 162 Å². The van der Waals surface area contributed by atoms with Crippen LogP contribution in [0.15, 0.2) is 32.9 Å². The van der Waals surface area contributed by atoms with Crippen LogP contribution in [0.4, 0.5) is 5.82 Å². The fourth-order valence-corrected chi connectivity index (χ4v) is 1.88. The molecule has 5 N–H and O–H groups in total. The minimum Gasteiger partial charge on any atom is -0.504 e. The Morgan fingerprint density at radius 3 is 2.96 bits per heavy atom. The van der Waals surface area contributed by atoms with Crippen LogP contribution >= 0.6 is 0 Å². The summed E-state index contributed by atoms with van der Waals surface area (Å²) in [6.07, 6.45) is 1.43. The number of H-pyrrole nitrogens is 2. The maximum absolute atomic E-state index is 11.7. The van der Waals surface area contributed by atoms with E-state index in [4.69, 9.17) is 4.74 Å². The number of nitrogens with one attached hydrogen (secondary N) is 4. The molecule has 1 amide bonds. The maximum atomic E-state index is 11.7. The number of carbonyl (C=O) groups is 1. The van der Waals surface area contributed by atoms with Crippen LogP contribution in [0, 0.1) is 0 Å². The highest BCUT2D eigenvalue weighted by atomic mass is 16.5. The van der Waals surface area contributed by atoms with Crippen molar-refractivity contribution in [3.63, 3.8) is 0 Å². The smallest absolute Gasteiger partial charge is 0.342 e. The molecule has 0 bridgehead atoms. The number of aromatic amines is 2. The number of rotatable bonds is 8. The number of amides is 1. The predicted molar refractivity (Wildman–Crippen MR) is 93.6 cm³/mol. The van der Waals surface area contributed by atoms with E-state index >= 15 is 0 Å². The number of ether oxygens (including phenoxy) is 1. The SMILES string of the molecule is CCOc1cc(/C=N/NC(=O)CCNc2n[nH]c(=O)[nH]c2=O)ccc1O. The zero-order valence-corrected chi connectivity index (χ0v) is 13.9. The molecule has 0 saturated heterocycles. The molecule has 11 nitrogen and oxygen atoms in total. The summed E-state index contributed by atoms with van der Waals surface area (Å²) < 4.78 is 5.25. The number of carbonyl (C=O) groups excluding carboxylic acids is 1. The van der Waals surface area contributed by atoms with Crippen molar-refractivity contribution >= 4 is 17.9 Å². The molecule has 138 valence electrons. The second-order valence-corrected chi connectivity index (χ2v) is 4.99. The third kappa shape index (κ3) is 5.47. The number of nitrogens with zero attached hydrogens (tertiary/aromatic N) is 2. The number of hydrogen-bond acceptors (Lipinski definition) is 8. The van der Waals surface area contributed by atoms with Crippen LogP contribution in [0.5, 0.6) is 11.5 Å². The number of phenolic OH excluding ortho intramolecular Hbond substituents is 1. The van der Waals surface area contributed by atoms with Crippen molar-refractivity contribution in [3.05, 3.63) is 44.6 Å². The number of phenols is 1. The molecule has 2 aromatic rings. The molecule has 26 heavy (non-hydrogen) atoms. The monoisotopic (exact) mass is 362 g/mol. The predicted octanol–water partition coefficient (Wildman–Crippen LogP) is -0.485. The van der Waals surface area contributed by atoms with Crippen molar-refractivity contribution in [1.29, 1.82) is 0 Å². The van der Waals surface area contributed by atoms with Crippen molar-refractivity contribution in [2.45, 2.75) is 13.3 Å². The van der Waals surface area contributed by atoms with Gasteiger partial charge in [-0.3, -0.25) is 14.6 Å². The van der Waals surface area contributed by atoms with E-state index in [1.54, 1.807) is 19.1 Å². The molecule has 0 radical (unpaired) electrons. The fraction of sp³-hybridized carbons (Fsp3) is 0.267. The van der Waals surface area contributed by atoms with Gasteiger partial charge < -0.3 is 15.2 Å². The summed E-state index contributed by atoms with van der Waals surface area (Å²) in [4.78, 5) is 35.9. The van der Waals surface area contributed by atoms with Gasteiger partial charge >= 0.3 is 5.69 Å².